The zero-order valence-electron chi connectivity index (χ0n) is 13.2. The topological polar surface area (TPSA) is 105 Å². The van der Waals surface area contributed by atoms with E-state index in [0.29, 0.717) is 25.7 Å². The molecule has 2 rings (SSSR count). The molecule has 3 unspecified atom stereocenters. The number of carbonyl (C=O) groups excluding carboxylic acids is 4. The Kier molecular flexibility index (Phi) is 5.94. The highest BCUT2D eigenvalue weighted by molar-refractivity contribution is 5.81. The van der Waals surface area contributed by atoms with Crippen molar-refractivity contribution in [2.45, 2.75) is 50.4 Å². The van der Waals surface area contributed by atoms with E-state index in [-0.39, 0.29) is 31.8 Å². The molecule has 8 nitrogen and oxygen atoms in total. The van der Waals surface area contributed by atoms with Crippen molar-refractivity contribution in [2.75, 3.05) is 6.61 Å². The van der Waals surface area contributed by atoms with Crippen molar-refractivity contribution in [1.82, 2.24) is 0 Å². The zero-order chi connectivity index (χ0) is 17.6. The maximum absolute atomic E-state index is 11.9. The molecule has 2 fully saturated rings. The van der Waals surface area contributed by atoms with Crippen LogP contribution in [0.4, 0.5) is 0 Å². The molecule has 1 aliphatic heterocycles. The number of rotatable bonds is 9. The van der Waals surface area contributed by atoms with Crippen LogP contribution in [-0.4, -0.2) is 42.9 Å². The maximum Gasteiger partial charge on any atom is 0.330 e. The number of hydrogen-bond acceptors (Lipinski definition) is 8. The summed E-state index contributed by atoms with van der Waals surface area (Å²) in [6.07, 6.45) is 2.50. The van der Waals surface area contributed by atoms with E-state index in [1.54, 1.807) is 0 Å². The Balaban J connectivity index is 1.78. The number of unbranched alkanes of at least 4 members (excludes halogenated alkanes) is 1. The van der Waals surface area contributed by atoms with E-state index in [1.165, 1.54) is 0 Å². The predicted octanol–water partition coefficient (Wildman–Crippen LogP) is 1.02. The molecule has 2 aliphatic rings. The lowest BCUT2D eigenvalue weighted by Gasteiger charge is -2.35. The standard InChI is InChI=1S/C16H20O8/c1-2-13(18)21-8-4-3-5-14(19)23-12-7-6-11-9-16(12,22-10-17)24-15(11)20/h2,10-12H,1,3-9H2. The Hall–Kier alpha value is -2.38. The molecular formula is C16H20O8. The van der Waals surface area contributed by atoms with Crippen molar-refractivity contribution in [3.8, 4) is 0 Å². The third kappa shape index (κ3) is 4.12. The number of hydrogen-bond donors (Lipinski definition) is 0. The fraction of sp³-hybridized carbons (Fsp3) is 0.625. The zero-order valence-corrected chi connectivity index (χ0v) is 13.2. The average molecular weight is 340 g/mol. The van der Waals surface area contributed by atoms with E-state index in [1.807, 2.05) is 0 Å². The summed E-state index contributed by atoms with van der Waals surface area (Å²) in [4.78, 5) is 45.2. The van der Waals surface area contributed by atoms with Crippen molar-refractivity contribution in [3.05, 3.63) is 12.7 Å². The fourth-order valence-electron chi connectivity index (χ4n) is 2.91. The number of fused-ring (bicyclic) bond motifs is 2. The van der Waals surface area contributed by atoms with Crippen LogP contribution in [0.3, 0.4) is 0 Å². The van der Waals surface area contributed by atoms with E-state index < -0.39 is 29.8 Å². The Morgan fingerprint density at radius 1 is 1.33 bits per heavy atom. The summed E-state index contributed by atoms with van der Waals surface area (Å²) >= 11 is 0. The van der Waals surface area contributed by atoms with Crippen LogP contribution in [-0.2, 0) is 38.1 Å². The van der Waals surface area contributed by atoms with Gasteiger partial charge in [0.2, 0.25) is 0 Å². The van der Waals surface area contributed by atoms with Crippen LogP contribution in [0.1, 0.15) is 38.5 Å². The van der Waals surface area contributed by atoms with Gasteiger partial charge < -0.3 is 18.9 Å². The van der Waals surface area contributed by atoms with E-state index in [0.717, 1.165) is 6.08 Å². The van der Waals surface area contributed by atoms with E-state index >= 15 is 0 Å². The van der Waals surface area contributed by atoms with Gasteiger partial charge in [-0.15, -0.1) is 0 Å². The number of esters is 3. The number of ether oxygens (including phenoxy) is 4. The van der Waals surface area contributed by atoms with Gasteiger partial charge in [-0.05, 0) is 25.7 Å². The Morgan fingerprint density at radius 3 is 2.83 bits per heavy atom. The lowest BCUT2D eigenvalue weighted by molar-refractivity contribution is -0.248. The summed E-state index contributed by atoms with van der Waals surface area (Å²) in [6.45, 7) is 3.67. The normalized spacial score (nSPS) is 27.8. The first-order chi connectivity index (χ1) is 11.5. The molecule has 3 atom stereocenters. The second kappa shape index (κ2) is 7.94. The molecular weight excluding hydrogens is 320 g/mol. The highest BCUT2D eigenvalue weighted by Crippen LogP contribution is 2.44. The van der Waals surface area contributed by atoms with Crippen molar-refractivity contribution in [1.29, 1.82) is 0 Å². The molecule has 0 radical (unpaired) electrons. The lowest BCUT2D eigenvalue weighted by atomic mass is 9.85. The van der Waals surface area contributed by atoms with Gasteiger partial charge in [0.05, 0.1) is 12.5 Å². The highest BCUT2D eigenvalue weighted by Gasteiger charge is 2.59. The second-order valence-corrected chi connectivity index (χ2v) is 5.73. The van der Waals surface area contributed by atoms with E-state index in [4.69, 9.17) is 18.9 Å². The second-order valence-electron chi connectivity index (χ2n) is 5.73. The van der Waals surface area contributed by atoms with E-state index in [9.17, 15) is 19.2 Å². The monoisotopic (exact) mass is 340 g/mol. The van der Waals surface area contributed by atoms with Gasteiger partial charge in [-0.3, -0.25) is 14.4 Å². The molecule has 132 valence electrons. The SMILES string of the molecule is C=CC(=O)OCCCCC(=O)OC1CCC2CC1(OC=O)OC2=O. The van der Waals surface area contributed by atoms with Crippen LogP contribution < -0.4 is 0 Å². The third-order valence-electron chi connectivity index (χ3n) is 4.11. The maximum atomic E-state index is 11.9. The molecule has 0 N–H and O–H groups in total. The van der Waals surface area contributed by atoms with E-state index in [2.05, 4.69) is 6.58 Å². The fourth-order valence-corrected chi connectivity index (χ4v) is 2.91. The molecule has 1 aliphatic carbocycles. The highest BCUT2D eigenvalue weighted by atomic mass is 16.8. The van der Waals surface area contributed by atoms with Crippen LogP contribution in [0.25, 0.3) is 0 Å². The van der Waals surface area contributed by atoms with Gasteiger partial charge in [0.1, 0.15) is 0 Å². The van der Waals surface area contributed by atoms with Gasteiger partial charge in [0, 0.05) is 18.9 Å². The summed E-state index contributed by atoms with van der Waals surface area (Å²) in [5.74, 6) is -3.23. The van der Waals surface area contributed by atoms with Gasteiger partial charge in [0.25, 0.3) is 12.3 Å². The Bertz CT molecular complexity index is 528. The summed E-state index contributed by atoms with van der Waals surface area (Å²) in [5, 5.41) is 0. The summed E-state index contributed by atoms with van der Waals surface area (Å²) in [7, 11) is 0. The van der Waals surface area contributed by atoms with Crippen LogP contribution in [0.2, 0.25) is 0 Å². The largest absolute Gasteiger partial charge is 0.463 e. The van der Waals surface area contributed by atoms with Crippen LogP contribution in [0.15, 0.2) is 12.7 Å². The van der Waals surface area contributed by atoms with Gasteiger partial charge >= 0.3 is 17.9 Å². The predicted molar refractivity (Wildman–Crippen MR) is 78.2 cm³/mol. The van der Waals surface area contributed by atoms with Gasteiger partial charge in [0.15, 0.2) is 6.10 Å². The smallest absolute Gasteiger partial charge is 0.330 e. The van der Waals surface area contributed by atoms with Crippen molar-refractivity contribution in [2.24, 2.45) is 5.92 Å². The molecule has 0 aromatic carbocycles. The Morgan fingerprint density at radius 2 is 2.12 bits per heavy atom. The van der Waals surface area contributed by atoms with Gasteiger partial charge in [-0.1, -0.05) is 6.58 Å². The lowest BCUT2D eigenvalue weighted by Crippen LogP contribution is -2.48. The van der Waals surface area contributed by atoms with Crippen molar-refractivity contribution in [3.63, 3.8) is 0 Å². The minimum absolute atomic E-state index is 0.122. The minimum atomic E-state index is -1.49. The minimum Gasteiger partial charge on any atom is -0.463 e. The molecule has 1 saturated carbocycles. The first kappa shape index (κ1) is 18.0. The summed E-state index contributed by atoms with van der Waals surface area (Å²) in [6, 6.07) is 0. The molecule has 1 saturated heterocycles. The van der Waals surface area contributed by atoms with Gasteiger partial charge in [-0.25, -0.2) is 4.79 Å². The molecule has 0 amide bonds. The quantitative estimate of drug-likeness (QED) is 0.201. The summed E-state index contributed by atoms with van der Waals surface area (Å²) < 4.78 is 20.3. The molecule has 0 aromatic rings. The van der Waals surface area contributed by atoms with Crippen molar-refractivity contribution < 1.29 is 38.1 Å². The van der Waals surface area contributed by atoms with Crippen LogP contribution in [0, 0.1) is 5.92 Å². The molecule has 0 aromatic heterocycles. The molecule has 0 spiro atoms. The molecule has 8 heteroatoms. The molecule has 24 heavy (non-hydrogen) atoms. The van der Waals surface area contributed by atoms with Crippen molar-refractivity contribution >= 4 is 24.4 Å². The third-order valence-corrected chi connectivity index (χ3v) is 4.11. The molecule has 1 heterocycles. The first-order valence-electron chi connectivity index (χ1n) is 7.83. The summed E-state index contributed by atoms with van der Waals surface area (Å²) in [5.41, 5.74) is 0. The number of carbonyl (C=O) groups is 4. The Labute approximate surface area is 139 Å². The van der Waals surface area contributed by atoms with Gasteiger partial charge in [-0.2, -0.15) is 0 Å². The molecule has 2 bridgehead atoms. The van der Waals surface area contributed by atoms with Crippen LogP contribution in [0.5, 0.6) is 0 Å². The average Bonchev–Trinajstić information content (AvgIpc) is 2.81. The first-order valence-corrected chi connectivity index (χ1v) is 7.83. The van der Waals surface area contributed by atoms with Crippen LogP contribution >= 0.6 is 0 Å².